The summed E-state index contributed by atoms with van der Waals surface area (Å²) >= 11 is 0. The van der Waals surface area contributed by atoms with Crippen LogP contribution in [0.15, 0.2) is 48.5 Å². The van der Waals surface area contributed by atoms with Crippen molar-refractivity contribution >= 4 is 12.2 Å². The lowest BCUT2D eigenvalue weighted by Crippen LogP contribution is -2.43. The second-order valence-corrected chi connectivity index (χ2v) is 9.24. The summed E-state index contributed by atoms with van der Waals surface area (Å²) in [6, 6.07) is 11.1. The zero-order valence-electron chi connectivity index (χ0n) is 19.7. The molecular formula is C25H29F3N2O5. The van der Waals surface area contributed by atoms with E-state index in [2.05, 4.69) is 10.6 Å². The van der Waals surface area contributed by atoms with Gasteiger partial charge >= 0.3 is 12.2 Å². The molecular weight excluding hydrogens is 465 g/mol. The number of ether oxygens (including phenoxy) is 3. The highest BCUT2D eigenvalue weighted by Crippen LogP contribution is 2.23. The van der Waals surface area contributed by atoms with Gasteiger partial charge in [-0.25, -0.2) is 22.8 Å². The monoisotopic (exact) mass is 494 g/mol. The molecule has 2 aromatic rings. The molecule has 190 valence electrons. The fourth-order valence-corrected chi connectivity index (χ4v) is 3.65. The highest BCUT2D eigenvalue weighted by molar-refractivity contribution is 5.67. The molecule has 7 nitrogen and oxygen atoms in total. The van der Waals surface area contributed by atoms with Crippen LogP contribution in [0.3, 0.4) is 0 Å². The molecule has 1 aliphatic heterocycles. The molecule has 1 aliphatic rings. The first-order valence-electron chi connectivity index (χ1n) is 11.2. The van der Waals surface area contributed by atoms with Crippen molar-refractivity contribution in [3.05, 3.63) is 71.0 Å². The van der Waals surface area contributed by atoms with Crippen molar-refractivity contribution in [2.24, 2.45) is 0 Å². The van der Waals surface area contributed by atoms with E-state index in [1.54, 1.807) is 39.0 Å². The summed E-state index contributed by atoms with van der Waals surface area (Å²) in [6.45, 7) is 5.32. The van der Waals surface area contributed by atoms with Crippen molar-refractivity contribution in [2.75, 3.05) is 6.54 Å². The minimum absolute atomic E-state index is 0.0358. The molecule has 2 N–H and O–H groups in total. The van der Waals surface area contributed by atoms with E-state index in [1.807, 2.05) is 0 Å². The average molecular weight is 495 g/mol. The highest BCUT2D eigenvalue weighted by atomic mass is 19.3. The lowest BCUT2D eigenvalue weighted by atomic mass is 10.0. The molecule has 0 aromatic heterocycles. The molecule has 0 saturated carbocycles. The van der Waals surface area contributed by atoms with Crippen LogP contribution in [-0.2, 0) is 27.2 Å². The van der Waals surface area contributed by atoms with Gasteiger partial charge in [0.2, 0.25) is 0 Å². The standard InChI is InChI=1S/C25H29F3N2O5/c1-25(2,3)35-24(32)33-20-14-29-19(12-15-7-9-17(10-8-15)22(27)28)21(20)34-23(31)30-13-16-5-4-6-18(26)11-16/h4-11,19-22,29H,12-14H2,1-3H3,(H,30,31)/t19-,20+,21+/m1/s1. The van der Waals surface area contributed by atoms with Crippen molar-refractivity contribution in [1.82, 2.24) is 10.6 Å². The molecule has 1 fully saturated rings. The van der Waals surface area contributed by atoms with Crippen molar-refractivity contribution < 1.29 is 37.0 Å². The van der Waals surface area contributed by atoms with Gasteiger partial charge in [-0.15, -0.1) is 0 Å². The van der Waals surface area contributed by atoms with E-state index in [0.29, 0.717) is 12.0 Å². The number of nitrogens with one attached hydrogen (secondary N) is 2. The number of carbonyl (C=O) groups excluding carboxylic acids is 2. The van der Waals surface area contributed by atoms with Crippen LogP contribution >= 0.6 is 0 Å². The molecule has 10 heteroatoms. The summed E-state index contributed by atoms with van der Waals surface area (Å²) in [4.78, 5) is 24.7. The number of alkyl carbamates (subject to hydrolysis) is 1. The predicted octanol–water partition coefficient (Wildman–Crippen LogP) is 4.89. The molecule has 1 amide bonds. The van der Waals surface area contributed by atoms with Crippen LogP contribution in [0.5, 0.6) is 0 Å². The number of hydrogen-bond donors (Lipinski definition) is 2. The van der Waals surface area contributed by atoms with Gasteiger partial charge in [0.05, 0.1) is 6.04 Å². The van der Waals surface area contributed by atoms with Crippen molar-refractivity contribution in [1.29, 1.82) is 0 Å². The SMILES string of the molecule is CC(C)(C)OC(=O)O[C@H]1CN[C@H](Cc2ccc(C(F)F)cc2)[C@@H]1OC(=O)NCc1cccc(F)c1. The maximum absolute atomic E-state index is 13.4. The van der Waals surface area contributed by atoms with E-state index in [9.17, 15) is 22.8 Å². The maximum Gasteiger partial charge on any atom is 0.509 e. The van der Waals surface area contributed by atoms with Crippen LogP contribution in [-0.4, -0.2) is 42.6 Å². The van der Waals surface area contributed by atoms with E-state index in [0.717, 1.165) is 5.56 Å². The van der Waals surface area contributed by atoms with Crippen LogP contribution in [0.1, 0.15) is 43.9 Å². The Hall–Kier alpha value is -3.27. The average Bonchev–Trinajstić information content (AvgIpc) is 3.12. The summed E-state index contributed by atoms with van der Waals surface area (Å²) in [5, 5.41) is 5.72. The Morgan fingerprint density at radius 2 is 1.80 bits per heavy atom. The van der Waals surface area contributed by atoms with Gasteiger partial charge in [-0.3, -0.25) is 0 Å². The fourth-order valence-electron chi connectivity index (χ4n) is 3.65. The van der Waals surface area contributed by atoms with E-state index < -0.39 is 48.3 Å². The molecule has 2 aromatic carbocycles. The Morgan fingerprint density at radius 1 is 1.09 bits per heavy atom. The van der Waals surface area contributed by atoms with Gasteiger partial charge in [0.25, 0.3) is 6.43 Å². The summed E-state index contributed by atoms with van der Waals surface area (Å²) in [5.41, 5.74) is 0.416. The quantitative estimate of drug-likeness (QED) is 0.533. The second-order valence-electron chi connectivity index (χ2n) is 9.24. The van der Waals surface area contributed by atoms with E-state index >= 15 is 0 Å². The topological polar surface area (TPSA) is 85.9 Å². The minimum atomic E-state index is -2.57. The maximum atomic E-state index is 13.4. The summed E-state index contributed by atoms with van der Waals surface area (Å²) in [5.74, 6) is -0.429. The Labute approximate surface area is 201 Å². The minimum Gasteiger partial charge on any atom is -0.441 e. The molecule has 35 heavy (non-hydrogen) atoms. The van der Waals surface area contributed by atoms with Crippen LogP contribution < -0.4 is 10.6 Å². The number of rotatable bonds is 7. The lowest BCUT2D eigenvalue weighted by molar-refractivity contribution is -0.0518. The number of halogens is 3. The third-order valence-corrected chi connectivity index (χ3v) is 5.24. The number of carbonyl (C=O) groups is 2. The third-order valence-electron chi connectivity index (χ3n) is 5.24. The molecule has 1 saturated heterocycles. The molecule has 3 atom stereocenters. The molecule has 0 radical (unpaired) electrons. The van der Waals surface area contributed by atoms with Gasteiger partial charge in [-0.05, 0) is 50.5 Å². The van der Waals surface area contributed by atoms with Crippen LogP contribution in [0.25, 0.3) is 0 Å². The lowest BCUT2D eigenvalue weighted by Gasteiger charge is -2.26. The van der Waals surface area contributed by atoms with Crippen LogP contribution in [0.4, 0.5) is 22.8 Å². The number of alkyl halides is 2. The van der Waals surface area contributed by atoms with Gasteiger partial charge in [0, 0.05) is 18.7 Å². The molecule has 1 heterocycles. The van der Waals surface area contributed by atoms with Crippen molar-refractivity contribution in [2.45, 2.75) is 64.0 Å². The van der Waals surface area contributed by atoms with Gasteiger partial charge in [0.1, 0.15) is 11.4 Å². The largest absolute Gasteiger partial charge is 0.509 e. The first kappa shape index (κ1) is 26.3. The van der Waals surface area contributed by atoms with Gasteiger partial charge in [-0.1, -0.05) is 36.4 Å². The predicted molar refractivity (Wildman–Crippen MR) is 122 cm³/mol. The highest BCUT2D eigenvalue weighted by Gasteiger charge is 2.42. The third kappa shape index (κ3) is 8.17. The Bertz CT molecular complexity index is 1010. The van der Waals surface area contributed by atoms with Gasteiger partial charge in [0.15, 0.2) is 12.2 Å². The Morgan fingerprint density at radius 3 is 2.43 bits per heavy atom. The molecule has 0 aliphatic carbocycles. The summed E-state index contributed by atoms with van der Waals surface area (Å²) in [6.07, 6.45) is -5.64. The van der Waals surface area contributed by atoms with Crippen molar-refractivity contribution in [3.63, 3.8) is 0 Å². The Kier molecular flexibility index (Phi) is 8.61. The molecule has 0 unspecified atom stereocenters. The molecule has 3 rings (SSSR count). The van der Waals surface area contributed by atoms with Crippen LogP contribution in [0.2, 0.25) is 0 Å². The second kappa shape index (κ2) is 11.4. The smallest absolute Gasteiger partial charge is 0.441 e. The number of amides is 1. The molecule has 0 bridgehead atoms. The first-order chi connectivity index (χ1) is 16.5. The van der Waals surface area contributed by atoms with E-state index in [4.69, 9.17) is 14.2 Å². The zero-order valence-corrected chi connectivity index (χ0v) is 19.7. The fraction of sp³-hybridized carbons (Fsp3) is 0.440. The normalized spacial score (nSPS) is 19.9. The van der Waals surface area contributed by atoms with E-state index in [-0.39, 0.29) is 18.7 Å². The van der Waals surface area contributed by atoms with Gasteiger partial charge < -0.3 is 24.8 Å². The number of hydrogen-bond acceptors (Lipinski definition) is 6. The number of benzene rings is 2. The van der Waals surface area contributed by atoms with Crippen LogP contribution in [0, 0.1) is 5.82 Å². The Balaban J connectivity index is 1.68. The summed E-state index contributed by atoms with van der Waals surface area (Å²) in [7, 11) is 0. The zero-order chi connectivity index (χ0) is 25.6. The first-order valence-corrected chi connectivity index (χ1v) is 11.2. The van der Waals surface area contributed by atoms with Crippen molar-refractivity contribution in [3.8, 4) is 0 Å². The van der Waals surface area contributed by atoms with E-state index in [1.165, 1.54) is 30.3 Å². The summed E-state index contributed by atoms with van der Waals surface area (Å²) < 4.78 is 55.3. The van der Waals surface area contributed by atoms with Gasteiger partial charge in [-0.2, -0.15) is 0 Å². The molecule has 0 spiro atoms.